The summed E-state index contributed by atoms with van der Waals surface area (Å²) in [5.74, 6) is -0.995. The maximum atomic E-state index is 12.6. The van der Waals surface area contributed by atoms with Gasteiger partial charge in [-0.15, -0.1) is 0 Å². The standard InChI is InChI=1S/C15H28N2O3/c1-4-12(2)17(11-14(18)19)15(20)13(3)16-9-7-5-6-8-10-16/h12-13H,4-11H2,1-3H3,(H,18,19)/t12-,13-/m0/s1. The number of carbonyl (C=O) groups is 2. The van der Waals surface area contributed by atoms with Gasteiger partial charge in [-0.1, -0.05) is 19.8 Å². The molecular weight excluding hydrogens is 256 g/mol. The van der Waals surface area contributed by atoms with Crippen molar-refractivity contribution in [3.8, 4) is 0 Å². The molecule has 1 rings (SSSR count). The third kappa shape index (κ3) is 4.78. The van der Waals surface area contributed by atoms with E-state index in [0.29, 0.717) is 0 Å². The number of hydrogen-bond acceptors (Lipinski definition) is 3. The average molecular weight is 284 g/mol. The van der Waals surface area contributed by atoms with Crippen LogP contribution < -0.4 is 0 Å². The first-order valence-corrected chi connectivity index (χ1v) is 7.73. The van der Waals surface area contributed by atoms with Crippen molar-refractivity contribution >= 4 is 11.9 Å². The second kappa shape index (κ2) is 8.25. The molecule has 1 aliphatic heterocycles. The van der Waals surface area contributed by atoms with E-state index in [1.165, 1.54) is 17.7 Å². The molecule has 1 saturated heterocycles. The zero-order chi connectivity index (χ0) is 15.1. The molecule has 0 aromatic rings. The Labute approximate surface area is 121 Å². The van der Waals surface area contributed by atoms with Crippen molar-refractivity contribution < 1.29 is 14.7 Å². The van der Waals surface area contributed by atoms with Gasteiger partial charge in [0, 0.05) is 6.04 Å². The van der Waals surface area contributed by atoms with E-state index in [-0.39, 0.29) is 24.5 Å². The monoisotopic (exact) mass is 284 g/mol. The van der Waals surface area contributed by atoms with Crippen molar-refractivity contribution in [2.45, 2.75) is 65.0 Å². The molecule has 1 amide bonds. The quantitative estimate of drug-likeness (QED) is 0.810. The fourth-order valence-electron chi connectivity index (χ4n) is 2.70. The average Bonchev–Trinajstić information content (AvgIpc) is 2.71. The summed E-state index contributed by atoms with van der Waals surface area (Å²) in [6.45, 7) is 7.47. The lowest BCUT2D eigenvalue weighted by Gasteiger charge is -2.34. The molecule has 1 N–H and O–H groups in total. The van der Waals surface area contributed by atoms with E-state index in [0.717, 1.165) is 32.4 Å². The first kappa shape index (κ1) is 17.0. The van der Waals surface area contributed by atoms with Crippen LogP contribution in [0.15, 0.2) is 0 Å². The molecule has 0 aromatic carbocycles. The minimum atomic E-state index is -0.943. The van der Waals surface area contributed by atoms with Gasteiger partial charge in [-0.3, -0.25) is 14.5 Å². The Bertz CT molecular complexity index is 325. The highest BCUT2D eigenvalue weighted by molar-refractivity contribution is 5.85. The van der Waals surface area contributed by atoms with E-state index < -0.39 is 5.97 Å². The lowest BCUT2D eigenvalue weighted by atomic mass is 10.1. The van der Waals surface area contributed by atoms with Crippen molar-refractivity contribution in [3.05, 3.63) is 0 Å². The number of aliphatic carboxylic acids is 1. The number of carboxylic acid groups (broad SMARTS) is 1. The van der Waals surface area contributed by atoms with E-state index in [1.807, 2.05) is 20.8 Å². The predicted octanol–water partition coefficient (Wildman–Crippen LogP) is 1.96. The normalized spacial score (nSPS) is 19.9. The molecular formula is C15H28N2O3. The Balaban J connectivity index is 2.73. The number of nitrogens with zero attached hydrogens (tertiary/aromatic N) is 2. The smallest absolute Gasteiger partial charge is 0.323 e. The molecule has 0 saturated carbocycles. The largest absolute Gasteiger partial charge is 0.480 e. The van der Waals surface area contributed by atoms with Crippen LogP contribution in [0.4, 0.5) is 0 Å². The van der Waals surface area contributed by atoms with Crippen molar-refractivity contribution in [3.63, 3.8) is 0 Å². The van der Waals surface area contributed by atoms with Gasteiger partial charge >= 0.3 is 5.97 Å². The molecule has 2 atom stereocenters. The Morgan fingerprint density at radius 2 is 1.70 bits per heavy atom. The number of carbonyl (C=O) groups excluding carboxylic acids is 1. The topological polar surface area (TPSA) is 60.9 Å². The van der Waals surface area contributed by atoms with E-state index in [1.54, 1.807) is 0 Å². The third-order valence-corrected chi connectivity index (χ3v) is 4.26. The summed E-state index contributed by atoms with van der Waals surface area (Å²) >= 11 is 0. The van der Waals surface area contributed by atoms with E-state index in [4.69, 9.17) is 5.11 Å². The van der Waals surface area contributed by atoms with Crippen LogP contribution in [0.25, 0.3) is 0 Å². The predicted molar refractivity (Wildman–Crippen MR) is 78.6 cm³/mol. The Kier molecular flexibility index (Phi) is 6.99. The van der Waals surface area contributed by atoms with Gasteiger partial charge in [0.15, 0.2) is 0 Å². The molecule has 1 heterocycles. The van der Waals surface area contributed by atoms with Crippen LogP contribution in [0.3, 0.4) is 0 Å². The molecule has 5 nitrogen and oxygen atoms in total. The zero-order valence-electron chi connectivity index (χ0n) is 13.0. The summed E-state index contributed by atoms with van der Waals surface area (Å²) in [5, 5.41) is 9.01. The molecule has 0 unspecified atom stereocenters. The van der Waals surface area contributed by atoms with Gasteiger partial charge in [0.2, 0.25) is 5.91 Å². The van der Waals surface area contributed by atoms with Crippen LogP contribution in [-0.2, 0) is 9.59 Å². The van der Waals surface area contributed by atoms with Crippen molar-refractivity contribution in [2.24, 2.45) is 0 Å². The van der Waals surface area contributed by atoms with Gasteiger partial charge in [-0.2, -0.15) is 0 Å². The number of rotatable bonds is 6. The third-order valence-electron chi connectivity index (χ3n) is 4.26. The van der Waals surface area contributed by atoms with Gasteiger partial charge in [0.25, 0.3) is 0 Å². The van der Waals surface area contributed by atoms with Crippen LogP contribution >= 0.6 is 0 Å². The van der Waals surface area contributed by atoms with Gasteiger partial charge in [0.1, 0.15) is 6.54 Å². The molecule has 116 valence electrons. The van der Waals surface area contributed by atoms with Crippen LogP contribution in [0, 0.1) is 0 Å². The molecule has 5 heteroatoms. The van der Waals surface area contributed by atoms with Gasteiger partial charge in [-0.25, -0.2) is 0 Å². The first-order valence-electron chi connectivity index (χ1n) is 7.73. The SMILES string of the molecule is CC[C@H](C)N(CC(=O)O)C(=O)[C@H](C)N1CCCCCC1. The second-order valence-corrected chi connectivity index (χ2v) is 5.74. The molecule has 0 radical (unpaired) electrons. The van der Waals surface area contributed by atoms with E-state index in [9.17, 15) is 9.59 Å². The van der Waals surface area contributed by atoms with Gasteiger partial charge in [-0.05, 0) is 46.2 Å². The lowest BCUT2D eigenvalue weighted by molar-refractivity contribution is -0.148. The van der Waals surface area contributed by atoms with Gasteiger partial charge in [0.05, 0.1) is 6.04 Å². The molecule has 20 heavy (non-hydrogen) atoms. The van der Waals surface area contributed by atoms with Crippen LogP contribution in [0.2, 0.25) is 0 Å². The molecule has 0 aromatic heterocycles. The summed E-state index contributed by atoms with van der Waals surface area (Å²) in [6.07, 6.45) is 5.47. The Morgan fingerprint density at radius 1 is 1.15 bits per heavy atom. The summed E-state index contributed by atoms with van der Waals surface area (Å²) in [7, 11) is 0. The highest BCUT2D eigenvalue weighted by Gasteiger charge is 2.29. The highest BCUT2D eigenvalue weighted by atomic mass is 16.4. The first-order chi connectivity index (χ1) is 9.47. The van der Waals surface area contributed by atoms with E-state index in [2.05, 4.69) is 4.90 Å². The lowest BCUT2D eigenvalue weighted by Crippen LogP contribution is -2.51. The molecule has 0 aliphatic carbocycles. The molecule has 1 fully saturated rings. The molecule has 0 bridgehead atoms. The Morgan fingerprint density at radius 3 is 2.15 bits per heavy atom. The second-order valence-electron chi connectivity index (χ2n) is 5.74. The van der Waals surface area contributed by atoms with Crippen molar-refractivity contribution in [1.29, 1.82) is 0 Å². The maximum absolute atomic E-state index is 12.6. The van der Waals surface area contributed by atoms with Crippen LogP contribution in [0.5, 0.6) is 0 Å². The van der Waals surface area contributed by atoms with Crippen molar-refractivity contribution in [2.75, 3.05) is 19.6 Å². The Hall–Kier alpha value is -1.10. The summed E-state index contributed by atoms with van der Waals surface area (Å²) < 4.78 is 0. The summed E-state index contributed by atoms with van der Waals surface area (Å²) in [4.78, 5) is 27.3. The van der Waals surface area contributed by atoms with Gasteiger partial charge < -0.3 is 10.0 Å². The minimum Gasteiger partial charge on any atom is -0.480 e. The molecule has 0 spiro atoms. The maximum Gasteiger partial charge on any atom is 0.323 e. The molecule has 1 aliphatic rings. The number of hydrogen-bond donors (Lipinski definition) is 1. The van der Waals surface area contributed by atoms with E-state index >= 15 is 0 Å². The summed E-state index contributed by atoms with van der Waals surface area (Å²) in [5.41, 5.74) is 0. The van der Waals surface area contributed by atoms with Crippen LogP contribution in [0.1, 0.15) is 52.9 Å². The van der Waals surface area contributed by atoms with Crippen molar-refractivity contribution in [1.82, 2.24) is 9.80 Å². The fraction of sp³-hybridized carbons (Fsp3) is 0.867. The highest BCUT2D eigenvalue weighted by Crippen LogP contribution is 2.15. The fourth-order valence-corrected chi connectivity index (χ4v) is 2.70. The minimum absolute atomic E-state index is 0.0342. The number of amides is 1. The zero-order valence-corrected chi connectivity index (χ0v) is 13.0. The van der Waals surface area contributed by atoms with Crippen LogP contribution in [-0.4, -0.2) is 58.5 Å². The number of carboxylic acids is 1. The number of likely N-dealkylation sites (tertiary alicyclic amines) is 1. The summed E-state index contributed by atoms with van der Waals surface area (Å²) in [6, 6.07) is -0.255.